The lowest BCUT2D eigenvalue weighted by atomic mass is 10.2. The first-order chi connectivity index (χ1) is 13.3. The van der Waals surface area contributed by atoms with Crippen LogP contribution in [0.15, 0.2) is 66.7 Å². The summed E-state index contributed by atoms with van der Waals surface area (Å²) in [5.74, 6) is -1.28. The van der Waals surface area contributed by atoms with Crippen LogP contribution < -0.4 is 16.8 Å². The van der Waals surface area contributed by atoms with Crippen molar-refractivity contribution in [3.05, 3.63) is 92.8 Å². The van der Waals surface area contributed by atoms with E-state index in [4.69, 9.17) is 11.5 Å². The van der Waals surface area contributed by atoms with Crippen molar-refractivity contribution in [1.29, 1.82) is 0 Å². The van der Waals surface area contributed by atoms with Gasteiger partial charge in [-0.1, -0.05) is 18.2 Å². The molecule has 0 aliphatic carbocycles. The number of hydrogen-bond donors (Lipinski definition) is 3. The normalized spacial score (nSPS) is 9.75. The minimum absolute atomic E-state index is 0.442. The van der Waals surface area contributed by atoms with Crippen molar-refractivity contribution < 1.29 is 14.2 Å². The third-order valence-corrected chi connectivity index (χ3v) is 3.47. The Balaban J connectivity index is 0.000000200. The van der Waals surface area contributed by atoms with Gasteiger partial charge >= 0.3 is 11.4 Å². The number of hydrogen-bond acceptors (Lipinski definition) is 7. The lowest BCUT2D eigenvalue weighted by molar-refractivity contribution is -0.423. The van der Waals surface area contributed by atoms with Crippen LogP contribution >= 0.6 is 0 Å². The number of benzene rings is 3. The summed E-state index contributed by atoms with van der Waals surface area (Å²) in [4.78, 5) is 18.4. The topological polar surface area (TPSA) is 150 Å². The highest BCUT2D eigenvalue weighted by atomic mass is 19.1. The summed E-state index contributed by atoms with van der Waals surface area (Å²) in [5, 5.41) is 23.9. The van der Waals surface area contributed by atoms with E-state index in [1.807, 2.05) is 54.6 Å². The third-order valence-electron chi connectivity index (χ3n) is 3.47. The Morgan fingerprint density at radius 3 is 1.79 bits per heavy atom. The molecule has 0 aliphatic heterocycles. The summed E-state index contributed by atoms with van der Waals surface area (Å²) in [6.07, 6.45) is 0. The molecule has 3 rings (SSSR count). The van der Waals surface area contributed by atoms with E-state index in [-0.39, 0.29) is 0 Å². The average Bonchev–Trinajstić information content (AvgIpc) is 2.66. The molecule has 28 heavy (non-hydrogen) atoms. The standard InChI is InChI=1S/C12H12N2.C6H4FN3O4/c13-10-6-8-12(9-7-10)14-11-4-2-1-3-5-11;7-3-1-2-4(8)6(10(13)14)5(3)9(11)12/h1-9,14H,13H2;1-2H,8H2. The first kappa shape index (κ1) is 20.1. The van der Waals surface area contributed by atoms with Gasteiger partial charge in [-0.05, 0) is 48.5 Å². The molecule has 0 spiro atoms. The number of nitrogen functional groups attached to an aromatic ring is 2. The van der Waals surface area contributed by atoms with Gasteiger partial charge in [0.1, 0.15) is 5.69 Å². The van der Waals surface area contributed by atoms with Crippen LogP contribution in [0, 0.1) is 26.0 Å². The molecular weight excluding hydrogens is 369 g/mol. The maximum Gasteiger partial charge on any atom is 0.383 e. The van der Waals surface area contributed by atoms with Crippen LogP contribution in [0.3, 0.4) is 0 Å². The Labute approximate surface area is 158 Å². The quantitative estimate of drug-likeness (QED) is 0.345. The Morgan fingerprint density at radius 2 is 1.29 bits per heavy atom. The lowest BCUT2D eigenvalue weighted by Crippen LogP contribution is -2.02. The number of para-hydroxylation sites is 1. The summed E-state index contributed by atoms with van der Waals surface area (Å²) in [5.41, 5.74) is 10.9. The monoisotopic (exact) mass is 385 g/mol. The van der Waals surface area contributed by atoms with E-state index in [1.165, 1.54) is 0 Å². The third kappa shape index (κ3) is 5.14. The average molecular weight is 385 g/mol. The summed E-state index contributed by atoms with van der Waals surface area (Å²) < 4.78 is 12.8. The highest BCUT2D eigenvalue weighted by molar-refractivity contribution is 5.69. The number of nitrogens with one attached hydrogen (secondary N) is 1. The number of nitrogens with two attached hydrogens (primary N) is 2. The molecule has 0 bridgehead atoms. The van der Waals surface area contributed by atoms with E-state index < -0.39 is 32.7 Å². The molecule has 0 radical (unpaired) electrons. The Hall–Kier alpha value is -4.21. The van der Waals surface area contributed by atoms with Crippen molar-refractivity contribution >= 4 is 34.1 Å². The van der Waals surface area contributed by atoms with E-state index in [9.17, 15) is 24.6 Å². The first-order valence-electron chi connectivity index (χ1n) is 7.84. The van der Waals surface area contributed by atoms with Crippen LogP contribution in [0.2, 0.25) is 0 Å². The molecule has 0 saturated carbocycles. The number of nitrogens with zero attached hydrogens (tertiary/aromatic N) is 2. The molecule has 10 heteroatoms. The minimum atomic E-state index is -1.28. The van der Waals surface area contributed by atoms with Gasteiger partial charge in [0.15, 0.2) is 0 Å². The molecule has 0 aliphatic rings. The number of anilines is 4. The number of nitro benzene ring substituents is 2. The zero-order chi connectivity index (χ0) is 20.7. The summed E-state index contributed by atoms with van der Waals surface area (Å²) >= 11 is 0. The predicted octanol–water partition coefficient (Wildman–Crippen LogP) is 4.24. The van der Waals surface area contributed by atoms with Crippen LogP contribution in [-0.2, 0) is 0 Å². The zero-order valence-corrected chi connectivity index (χ0v) is 14.4. The van der Waals surface area contributed by atoms with Gasteiger partial charge in [-0.3, -0.25) is 20.2 Å². The SMILES string of the molecule is Nc1ccc(F)c([N+](=O)[O-])c1[N+](=O)[O-].Nc1ccc(Nc2ccccc2)cc1. The van der Waals surface area contributed by atoms with Gasteiger partial charge in [0.25, 0.3) is 0 Å². The molecule has 144 valence electrons. The van der Waals surface area contributed by atoms with Crippen LogP contribution in [0.5, 0.6) is 0 Å². The smallest absolute Gasteiger partial charge is 0.383 e. The van der Waals surface area contributed by atoms with Crippen molar-refractivity contribution in [2.45, 2.75) is 0 Å². The molecule has 0 amide bonds. The second-order valence-electron chi connectivity index (χ2n) is 5.46. The highest BCUT2D eigenvalue weighted by Gasteiger charge is 2.31. The van der Waals surface area contributed by atoms with Gasteiger partial charge < -0.3 is 16.8 Å². The van der Waals surface area contributed by atoms with Gasteiger partial charge in [0.2, 0.25) is 5.82 Å². The highest BCUT2D eigenvalue weighted by Crippen LogP contribution is 2.34. The summed E-state index contributed by atoms with van der Waals surface area (Å²) in [6, 6.07) is 19.3. The molecule has 0 aromatic heterocycles. The molecule has 9 nitrogen and oxygen atoms in total. The fourth-order valence-electron chi connectivity index (χ4n) is 2.19. The zero-order valence-electron chi connectivity index (χ0n) is 14.4. The Kier molecular flexibility index (Phi) is 6.42. The summed E-state index contributed by atoms with van der Waals surface area (Å²) in [7, 11) is 0. The molecule has 0 fully saturated rings. The van der Waals surface area contributed by atoms with Crippen molar-refractivity contribution in [1.82, 2.24) is 0 Å². The van der Waals surface area contributed by atoms with Crippen molar-refractivity contribution in [2.75, 3.05) is 16.8 Å². The van der Waals surface area contributed by atoms with Gasteiger partial charge in [0, 0.05) is 17.1 Å². The van der Waals surface area contributed by atoms with Gasteiger partial charge in [-0.15, -0.1) is 0 Å². The van der Waals surface area contributed by atoms with Gasteiger partial charge in [-0.25, -0.2) is 0 Å². The molecule has 0 unspecified atom stereocenters. The number of rotatable bonds is 4. The molecule has 3 aromatic carbocycles. The Morgan fingerprint density at radius 1 is 0.750 bits per heavy atom. The lowest BCUT2D eigenvalue weighted by Gasteiger charge is -2.05. The minimum Gasteiger partial charge on any atom is -0.399 e. The van der Waals surface area contributed by atoms with E-state index >= 15 is 0 Å². The number of halogens is 1. The Bertz CT molecular complexity index is 942. The van der Waals surface area contributed by atoms with Crippen LogP contribution in [-0.4, -0.2) is 9.85 Å². The number of nitro groups is 2. The maximum atomic E-state index is 12.8. The van der Waals surface area contributed by atoms with Crippen molar-refractivity contribution in [3.63, 3.8) is 0 Å². The summed E-state index contributed by atoms with van der Waals surface area (Å²) in [6.45, 7) is 0. The van der Waals surface area contributed by atoms with E-state index in [2.05, 4.69) is 5.32 Å². The molecule has 0 heterocycles. The van der Waals surface area contributed by atoms with Crippen molar-refractivity contribution in [2.24, 2.45) is 0 Å². The van der Waals surface area contributed by atoms with E-state index in [0.717, 1.165) is 23.1 Å². The fraction of sp³-hybridized carbons (Fsp3) is 0. The molecular formula is C18H16FN5O4. The van der Waals surface area contributed by atoms with Crippen LogP contribution in [0.1, 0.15) is 0 Å². The maximum absolute atomic E-state index is 12.8. The molecule has 3 aromatic rings. The fourth-order valence-corrected chi connectivity index (χ4v) is 2.19. The molecule has 0 saturated heterocycles. The first-order valence-corrected chi connectivity index (χ1v) is 7.84. The predicted molar refractivity (Wildman–Crippen MR) is 105 cm³/mol. The second-order valence-corrected chi connectivity index (χ2v) is 5.46. The van der Waals surface area contributed by atoms with Gasteiger partial charge in [-0.2, -0.15) is 4.39 Å². The molecule has 5 N–H and O–H groups in total. The second kappa shape index (κ2) is 8.94. The van der Waals surface area contributed by atoms with Crippen molar-refractivity contribution in [3.8, 4) is 0 Å². The van der Waals surface area contributed by atoms with E-state index in [0.29, 0.717) is 6.07 Å². The van der Waals surface area contributed by atoms with Crippen LogP contribution in [0.4, 0.5) is 38.5 Å². The van der Waals surface area contributed by atoms with Gasteiger partial charge in [0.05, 0.1) is 9.85 Å². The largest absolute Gasteiger partial charge is 0.399 e. The van der Waals surface area contributed by atoms with E-state index in [1.54, 1.807) is 0 Å². The molecule has 0 atom stereocenters. The van der Waals surface area contributed by atoms with Crippen LogP contribution in [0.25, 0.3) is 0 Å².